The lowest BCUT2D eigenvalue weighted by Gasteiger charge is -2.31. The number of amides is 1. The molecule has 100 valence electrons. The fraction of sp³-hybridized carbons (Fsp3) is 0.417. The van der Waals surface area contributed by atoms with Gasteiger partial charge in [-0.25, -0.2) is 9.78 Å². The summed E-state index contributed by atoms with van der Waals surface area (Å²) in [4.78, 5) is 28.7. The minimum atomic E-state index is -0.931. The molecule has 2 aromatic heterocycles. The number of aromatic nitrogens is 3. The van der Waals surface area contributed by atoms with Gasteiger partial charge in [0.25, 0.3) is 5.56 Å². The van der Waals surface area contributed by atoms with Crippen molar-refractivity contribution < 1.29 is 9.90 Å². The molecule has 0 unspecified atom stereocenters. The molecule has 1 aliphatic rings. The summed E-state index contributed by atoms with van der Waals surface area (Å²) in [5.41, 5.74) is 0.194. The lowest BCUT2D eigenvalue weighted by atomic mass is 10.1. The highest BCUT2D eigenvalue weighted by Crippen LogP contribution is 2.20. The summed E-state index contributed by atoms with van der Waals surface area (Å²) < 4.78 is 3.26. The number of imidazole rings is 1. The van der Waals surface area contributed by atoms with Gasteiger partial charge in [0.2, 0.25) is 5.65 Å². The Morgan fingerprint density at radius 1 is 1.37 bits per heavy atom. The van der Waals surface area contributed by atoms with Crippen LogP contribution >= 0.6 is 0 Å². The molecule has 0 aromatic carbocycles. The molecule has 2 aromatic rings. The first-order valence-corrected chi connectivity index (χ1v) is 6.18. The zero-order valence-corrected chi connectivity index (χ0v) is 10.3. The molecule has 1 saturated heterocycles. The minimum absolute atomic E-state index is 0.112. The molecule has 0 saturated carbocycles. The van der Waals surface area contributed by atoms with E-state index in [9.17, 15) is 9.59 Å². The van der Waals surface area contributed by atoms with Crippen molar-refractivity contribution in [1.82, 2.24) is 18.9 Å². The number of hydrogen-bond donors (Lipinski definition) is 1. The molecule has 19 heavy (non-hydrogen) atoms. The Balaban J connectivity index is 1.97. The number of likely N-dealkylation sites (tertiary alicyclic amines) is 1. The van der Waals surface area contributed by atoms with Crippen LogP contribution < -0.4 is 5.56 Å². The maximum atomic E-state index is 12.3. The van der Waals surface area contributed by atoms with E-state index in [1.165, 1.54) is 4.90 Å². The van der Waals surface area contributed by atoms with Crippen LogP contribution in [0.2, 0.25) is 0 Å². The van der Waals surface area contributed by atoms with Gasteiger partial charge in [0.05, 0.1) is 6.04 Å². The third-order valence-electron chi connectivity index (χ3n) is 3.54. The van der Waals surface area contributed by atoms with E-state index in [4.69, 9.17) is 5.11 Å². The Hall–Kier alpha value is -2.31. The van der Waals surface area contributed by atoms with Crippen molar-refractivity contribution in [2.24, 2.45) is 0 Å². The van der Waals surface area contributed by atoms with Crippen molar-refractivity contribution in [2.45, 2.75) is 18.9 Å². The Morgan fingerprint density at radius 3 is 3.00 bits per heavy atom. The van der Waals surface area contributed by atoms with Crippen molar-refractivity contribution >= 4 is 11.7 Å². The maximum absolute atomic E-state index is 12.3. The van der Waals surface area contributed by atoms with Crippen LogP contribution in [0.15, 0.2) is 29.6 Å². The van der Waals surface area contributed by atoms with Gasteiger partial charge in [0, 0.05) is 37.9 Å². The van der Waals surface area contributed by atoms with Gasteiger partial charge in [-0.15, -0.1) is 0 Å². The zero-order valence-electron chi connectivity index (χ0n) is 10.3. The molecule has 1 atom stereocenters. The molecule has 0 bridgehead atoms. The number of carbonyl (C=O) groups is 1. The van der Waals surface area contributed by atoms with Gasteiger partial charge in [-0.05, 0) is 12.8 Å². The Morgan fingerprint density at radius 2 is 2.21 bits per heavy atom. The van der Waals surface area contributed by atoms with E-state index in [1.807, 2.05) is 0 Å². The molecule has 7 nitrogen and oxygen atoms in total. The minimum Gasteiger partial charge on any atom is -0.465 e. The monoisotopic (exact) mass is 262 g/mol. The summed E-state index contributed by atoms with van der Waals surface area (Å²) in [6.07, 6.45) is 7.40. The van der Waals surface area contributed by atoms with Crippen LogP contribution in [0.3, 0.4) is 0 Å². The van der Waals surface area contributed by atoms with Gasteiger partial charge in [0.1, 0.15) is 0 Å². The summed E-state index contributed by atoms with van der Waals surface area (Å²) in [6, 6.07) is -0.112. The quantitative estimate of drug-likeness (QED) is 0.824. The standard InChI is InChI=1S/C12H14N4O3/c17-11-10-13-3-5-14(10)6-7-16(11)9-2-1-4-15(8-9)12(18)19/h3,5-7,9H,1-2,4,8H2,(H,18,19)/t9-/m1/s1. The van der Waals surface area contributed by atoms with Crippen molar-refractivity contribution in [3.05, 3.63) is 35.1 Å². The number of carboxylic acid groups (broad SMARTS) is 1. The third-order valence-corrected chi connectivity index (χ3v) is 3.54. The zero-order chi connectivity index (χ0) is 13.4. The third kappa shape index (κ3) is 1.96. The van der Waals surface area contributed by atoms with Gasteiger partial charge in [0.15, 0.2) is 0 Å². The van der Waals surface area contributed by atoms with Crippen molar-refractivity contribution in [2.75, 3.05) is 13.1 Å². The van der Waals surface area contributed by atoms with Crippen LogP contribution in [0.1, 0.15) is 18.9 Å². The largest absolute Gasteiger partial charge is 0.465 e. The summed E-state index contributed by atoms with van der Waals surface area (Å²) in [6.45, 7) is 0.887. The molecular formula is C12H14N4O3. The second-order valence-electron chi connectivity index (χ2n) is 4.69. The molecule has 0 aliphatic carbocycles. The lowest BCUT2D eigenvalue weighted by Crippen LogP contribution is -2.42. The van der Waals surface area contributed by atoms with Gasteiger partial charge in [-0.1, -0.05) is 0 Å². The van der Waals surface area contributed by atoms with Gasteiger partial charge in [-0.2, -0.15) is 0 Å². The average Bonchev–Trinajstić information content (AvgIpc) is 2.88. The molecule has 0 spiro atoms. The molecule has 3 heterocycles. The van der Waals surface area contributed by atoms with Crippen LogP contribution in [-0.4, -0.2) is 43.1 Å². The fourth-order valence-electron chi connectivity index (χ4n) is 2.57. The molecule has 7 heteroatoms. The smallest absolute Gasteiger partial charge is 0.407 e. The summed E-state index contributed by atoms with van der Waals surface area (Å²) in [5, 5.41) is 9.03. The SMILES string of the molecule is O=C(O)N1CCC[C@@H](n2ccn3ccnc3c2=O)C1. The number of fused-ring (bicyclic) bond motifs is 1. The predicted octanol–water partition coefficient (Wildman–Crippen LogP) is 0.811. The second-order valence-corrected chi connectivity index (χ2v) is 4.69. The van der Waals surface area contributed by atoms with Gasteiger partial charge in [-0.3, -0.25) is 4.79 Å². The van der Waals surface area contributed by atoms with E-state index in [0.717, 1.165) is 12.8 Å². The number of piperidine rings is 1. The highest BCUT2D eigenvalue weighted by atomic mass is 16.4. The molecule has 0 radical (unpaired) electrons. The van der Waals surface area contributed by atoms with E-state index in [-0.39, 0.29) is 11.6 Å². The van der Waals surface area contributed by atoms with Crippen LogP contribution in [0.5, 0.6) is 0 Å². The molecule has 1 fully saturated rings. The molecule has 1 amide bonds. The van der Waals surface area contributed by atoms with Crippen LogP contribution in [-0.2, 0) is 0 Å². The highest BCUT2D eigenvalue weighted by Gasteiger charge is 2.25. The van der Waals surface area contributed by atoms with Crippen molar-refractivity contribution in [1.29, 1.82) is 0 Å². The van der Waals surface area contributed by atoms with Gasteiger partial charge >= 0.3 is 6.09 Å². The van der Waals surface area contributed by atoms with E-state index < -0.39 is 6.09 Å². The topological polar surface area (TPSA) is 79.8 Å². The Kier molecular flexibility index (Phi) is 2.73. The first-order chi connectivity index (χ1) is 9.16. The fourth-order valence-corrected chi connectivity index (χ4v) is 2.57. The first kappa shape index (κ1) is 11.8. The predicted molar refractivity (Wildman–Crippen MR) is 67.3 cm³/mol. The van der Waals surface area contributed by atoms with Crippen LogP contribution in [0.25, 0.3) is 5.65 Å². The van der Waals surface area contributed by atoms with E-state index in [0.29, 0.717) is 18.7 Å². The van der Waals surface area contributed by atoms with Gasteiger partial charge < -0.3 is 19.0 Å². The Labute approximate surface area is 108 Å². The number of hydrogen-bond acceptors (Lipinski definition) is 3. The summed E-state index contributed by atoms with van der Waals surface area (Å²) >= 11 is 0. The summed E-state index contributed by atoms with van der Waals surface area (Å²) in [5.74, 6) is 0. The molecular weight excluding hydrogens is 248 g/mol. The highest BCUT2D eigenvalue weighted by molar-refractivity contribution is 5.65. The molecule has 1 aliphatic heterocycles. The Bertz CT molecular complexity index is 675. The van der Waals surface area contributed by atoms with E-state index in [2.05, 4.69) is 4.98 Å². The molecule has 3 rings (SSSR count). The van der Waals surface area contributed by atoms with Crippen molar-refractivity contribution in [3.8, 4) is 0 Å². The molecule has 1 N–H and O–H groups in total. The second kappa shape index (κ2) is 4.42. The number of nitrogens with zero attached hydrogens (tertiary/aromatic N) is 4. The average molecular weight is 262 g/mol. The van der Waals surface area contributed by atoms with E-state index in [1.54, 1.807) is 33.8 Å². The van der Waals surface area contributed by atoms with Crippen molar-refractivity contribution in [3.63, 3.8) is 0 Å². The van der Waals surface area contributed by atoms with Crippen LogP contribution in [0, 0.1) is 0 Å². The maximum Gasteiger partial charge on any atom is 0.407 e. The number of rotatable bonds is 1. The van der Waals surface area contributed by atoms with Crippen LogP contribution in [0.4, 0.5) is 4.79 Å². The summed E-state index contributed by atoms with van der Waals surface area (Å²) in [7, 11) is 0. The first-order valence-electron chi connectivity index (χ1n) is 6.18. The lowest BCUT2D eigenvalue weighted by molar-refractivity contribution is 0.121. The normalized spacial score (nSPS) is 19.8. The van der Waals surface area contributed by atoms with E-state index >= 15 is 0 Å².